The summed E-state index contributed by atoms with van der Waals surface area (Å²) >= 11 is 0. The van der Waals surface area contributed by atoms with Gasteiger partial charge in [0.15, 0.2) is 0 Å². The van der Waals surface area contributed by atoms with E-state index in [9.17, 15) is 14.7 Å². The molecule has 202 valence electrons. The van der Waals surface area contributed by atoms with Crippen molar-refractivity contribution in [2.75, 3.05) is 26.7 Å². The summed E-state index contributed by atoms with van der Waals surface area (Å²) in [4.78, 5) is 34.8. The van der Waals surface area contributed by atoms with Crippen LogP contribution in [0.3, 0.4) is 0 Å². The molecule has 37 heavy (non-hydrogen) atoms. The van der Waals surface area contributed by atoms with Crippen LogP contribution in [0.25, 0.3) is 0 Å². The standard InChI is InChI=1S/C30H43N3O4/c1-21-18-33(22(2)20-34)30(36)26-16-24(15-14-23-10-6-4-7-11-23)17-31-28(26)37-27(21)19-32(3)29(35)25-12-8-5-9-13-25/h16-17,21-23,25,27,34H,4-13,18-20H2,1-3H3/t21-,22+,27-/m0/s1. The SMILES string of the molecule is C[C@H](CO)N1C[C@H](C)[C@H](CN(C)C(=O)C2CCCCC2)Oc2ncc(C#CC3CCCCC3)cc2C1=O. The van der Waals surface area contributed by atoms with Gasteiger partial charge in [0, 0.05) is 43.1 Å². The van der Waals surface area contributed by atoms with E-state index in [0.717, 1.165) is 38.5 Å². The van der Waals surface area contributed by atoms with Gasteiger partial charge in [-0.1, -0.05) is 57.3 Å². The van der Waals surface area contributed by atoms with Gasteiger partial charge in [-0.25, -0.2) is 4.98 Å². The third-order valence-electron chi connectivity index (χ3n) is 8.33. The average molecular weight is 510 g/mol. The predicted molar refractivity (Wildman–Crippen MR) is 143 cm³/mol. The third-order valence-corrected chi connectivity index (χ3v) is 8.33. The van der Waals surface area contributed by atoms with Crippen LogP contribution in [0, 0.1) is 29.6 Å². The fourth-order valence-corrected chi connectivity index (χ4v) is 5.84. The summed E-state index contributed by atoms with van der Waals surface area (Å²) in [5, 5.41) is 9.90. The quantitative estimate of drug-likeness (QED) is 0.600. The van der Waals surface area contributed by atoms with Crippen molar-refractivity contribution in [2.24, 2.45) is 17.8 Å². The maximum atomic E-state index is 13.6. The molecule has 2 aliphatic carbocycles. The largest absolute Gasteiger partial charge is 0.472 e. The van der Waals surface area contributed by atoms with Crippen molar-refractivity contribution in [3.8, 4) is 17.7 Å². The first-order chi connectivity index (χ1) is 17.9. The highest BCUT2D eigenvalue weighted by atomic mass is 16.5. The number of pyridine rings is 1. The topological polar surface area (TPSA) is 83.0 Å². The first kappa shape index (κ1) is 27.4. The Hall–Kier alpha value is -2.59. The van der Waals surface area contributed by atoms with Crippen LogP contribution in [0.5, 0.6) is 5.88 Å². The summed E-state index contributed by atoms with van der Waals surface area (Å²) in [6.45, 7) is 4.60. The highest BCUT2D eigenvalue weighted by molar-refractivity contribution is 5.97. The lowest BCUT2D eigenvalue weighted by atomic mass is 9.88. The summed E-state index contributed by atoms with van der Waals surface area (Å²) in [5.74, 6) is 7.30. The smallest absolute Gasteiger partial charge is 0.259 e. The van der Waals surface area contributed by atoms with Gasteiger partial charge in [-0.2, -0.15) is 0 Å². The van der Waals surface area contributed by atoms with Gasteiger partial charge in [-0.05, 0) is 38.7 Å². The van der Waals surface area contributed by atoms with E-state index in [-0.39, 0.29) is 48.3 Å². The van der Waals surface area contributed by atoms with Gasteiger partial charge >= 0.3 is 0 Å². The molecule has 4 rings (SSSR count). The Morgan fingerprint density at radius 3 is 2.54 bits per heavy atom. The molecule has 1 aliphatic heterocycles. The van der Waals surface area contributed by atoms with Crippen LogP contribution in [0.15, 0.2) is 12.3 Å². The van der Waals surface area contributed by atoms with Crippen LogP contribution in [0.1, 0.15) is 94.0 Å². The summed E-state index contributed by atoms with van der Waals surface area (Å²) < 4.78 is 6.38. The Kier molecular flexibility index (Phi) is 9.48. The molecule has 0 bridgehead atoms. The van der Waals surface area contributed by atoms with Gasteiger partial charge in [0.25, 0.3) is 5.91 Å². The molecule has 0 spiro atoms. The van der Waals surface area contributed by atoms with E-state index < -0.39 is 0 Å². The normalized spacial score (nSPS) is 24.1. The minimum Gasteiger partial charge on any atom is -0.472 e. The molecule has 2 fully saturated rings. The van der Waals surface area contributed by atoms with Crippen LogP contribution >= 0.6 is 0 Å². The van der Waals surface area contributed by atoms with Gasteiger partial charge in [0.1, 0.15) is 11.7 Å². The van der Waals surface area contributed by atoms with Gasteiger partial charge in [-0.3, -0.25) is 9.59 Å². The van der Waals surface area contributed by atoms with Crippen LogP contribution in [0.2, 0.25) is 0 Å². The molecule has 3 aliphatic rings. The van der Waals surface area contributed by atoms with Crippen molar-refractivity contribution >= 4 is 11.8 Å². The van der Waals surface area contributed by atoms with Gasteiger partial charge in [0.2, 0.25) is 11.8 Å². The molecule has 3 atom stereocenters. The number of nitrogens with zero attached hydrogens (tertiary/aromatic N) is 3. The van der Waals surface area contributed by atoms with E-state index in [1.54, 1.807) is 22.1 Å². The van der Waals surface area contributed by atoms with Crippen molar-refractivity contribution in [1.29, 1.82) is 0 Å². The summed E-state index contributed by atoms with van der Waals surface area (Å²) in [6.07, 6.45) is 12.7. The minimum absolute atomic E-state index is 0.0553. The van der Waals surface area contributed by atoms with Gasteiger partial charge in [-0.15, -0.1) is 0 Å². The lowest BCUT2D eigenvalue weighted by molar-refractivity contribution is -0.136. The number of aliphatic hydroxyl groups is 1. The Morgan fingerprint density at radius 1 is 1.19 bits per heavy atom. The summed E-state index contributed by atoms with van der Waals surface area (Å²) in [7, 11) is 1.85. The number of carbonyl (C=O) groups excluding carboxylic acids is 2. The molecule has 0 unspecified atom stereocenters. The molecule has 2 amide bonds. The maximum Gasteiger partial charge on any atom is 0.259 e. The van der Waals surface area contributed by atoms with Crippen molar-refractivity contribution in [1.82, 2.24) is 14.8 Å². The number of amides is 2. The van der Waals surface area contributed by atoms with Crippen molar-refractivity contribution in [3.05, 3.63) is 23.4 Å². The average Bonchev–Trinajstić information content (AvgIpc) is 2.94. The molecule has 0 radical (unpaired) electrons. The Morgan fingerprint density at radius 2 is 1.86 bits per heavy atom. The first-order valence-electron chi connectivity index (χ1n) is 14.2. The monoisotopic (exact) mass is 509 g/mol. The van der Waals surface area contributed by atoms with E-state index in [1.807, 2.05) is 20.9 Å². The van der Waals surface area contributed by atoms with E-state index in [2.05, 4.69) is 16.8 Å². The number of hydrogen-bond acceptors (Lipinski definition) is 5. The summed E-state index contributed by atoms with van der Waals surface area (Å²) in [6, 6.07) is 1.43. The maximum absolute atomic E-state index is 13.6. The van der Waals surface area contributed by atoms with Crippen LogP contribution in [-0.4, -0.2) is 70.6 Å². The van der Waals surface area contributed by atoms with Crippen LogP contribution in [0.4, 0.5) is 0 Å². The zero-order chi connectivity index (χ0) is 26.4. The fraction of sp³-hybridized carbons (Fsp3) is 0.700. The van der Waals surface area contributed by atoms with E-state index in [0.29, 0.717) is 30.1 Å². The second kappa shape index (κ2) is 12.8. The van der Waals surface area contributed by atoms with E-state index in [1.165, 1.54) is 25.7 Å². The molecule has 0 saturated heterocycles. The van der Waals surface area contributed by atoms with Gasteiger partial charge < -0.3 is 19.6 Å². The number of rotatable bonds is 5. The molecule has 2 saturated carbocycles. The fourth-order valence-electron chi connectivity index (χ4n) is 5.84. The molecular weight excluding hydrogens is 466 g/mol. The first-order valence-corrected chi connectivity index (χ1v) is 14.2. The Balaban J connectivity index is 1.58. The minimum atomic E-state index is -0.347. The Bertz CT molecular complexity index is 1000. The number of fused-ring (bicyclic) bond motifs is 1. The van der Waals surface area contributed by atoms with Crippen molar-refractivity contribution in [2.45, 2.75) is 90.2 Å². The van der Waals surface area contributed by atoms with Crippen LogP contribution < -0.4 is 4.74 Å². The van der Waals surface area contributed by atoms with E-state index in [4.69, 9.17) is 4.74 Å². The van der Waals surface area contributed by atoms with Crippen LogP contribution in [-0.2, 0) is 4.79 Å². The molecule has 7 heteroatoms. The highest BCUT2D eigenvalue weighted by Crippen LogP contribution is 2.29. The molecule has 1 aromatic heterocycles. The highest BCUT2D eigenvalue weighted by Gasteiger charge is 2.35. The number of likely N-dealkylation sites (N-methyl/N-ethyl adjacent to an activating group) is 1. The number of aromatic nitrogens is 1. The number of carbonyl (C=O) groups is 2. The predicted octanol–water partition coefficient (Wildman–Crippen LogP) is 4.27. The van der Waals surface area contributed by atoms with E-state index >= 15 is 0 Å². The Labute approximate surface area is 222 Å². The molecule has 0 aromatic carbocycles. The lowest BCUT2D eigenvalue weighted by Gasteiger charge is -2.38. The lowest BCUT2D eigenvalue weighted by Crippen LogP contribution is -2.51. The molecule has 2 heterocycles. The zero-order valence-electron chi connectivity index (χ0n) is 22.7. The molecule has 1 N–H and O–H groups in total. The molecular formula is C30H43N3O4. The second-order valence-electron chi connectivity index (χ2n) is 11.4. The zero-order valence-corrected chi connectivity index (χ0v) is 22.7. The van der Waals surface area contributed by atoms with Gasteiger partial charge in [0.05, 0.1) is 19.2 Å². The summed E-state index contributed by atoms with van der Waals surface area (Å²) in [5.41, 5.74) is 1.07. The van der Waals surface area contributed by atoms with Crippen molar-refractivity contribution < 1.29 is 19.4 Å². The number of hydrogen-bond donors (Lipinski definition) is 1. The molecule has 7 nitrogen and oxygen atoms in total. The third kappa shape index (κ3) is 6.84. The number of aliphatic hydroxyl groups excluding tert-OH is 1. The van der Waals surface area contributed by atoms with Crippen molar-refractivity contribution in [3.63, 3.8) is 0 Å². The number of ether oxygens (including phenoxy) is 1. The molecule has 1 aromatic rings. The second-order valence-corrected chi connectivity index (χ2v) is 11.4.